The average Bonchev–Trinajstić information content (AvgIpc) is 2.95. The summed E-state index contributed by atoms with van der Waals surface area (Å²) in [4.78, 5) is 30.0. The van der Waals surface area contributed by atoms with E-state index in [0.29, 0.717) is 33.5 Å². The molecule has 286 valence electrons. The Labute approximate surface area is 350 Å². The Balaban J connectivity index is -0.0000000793. The normalized spacial score (nSPS) is 10.9. The first-order valence-corrected chi connectivity index (χ1v) is 14.3. The zero-order chi connectivity index (χ0) is 37.3. The number of carbonyl (C=O) groups excluding carboxylic acids is 2. The van der Waals surface area contributed by atoms with Crippen molar-refractivity contribution in [2.75, 3.05) is 74.2 Å². The molecule has 0 radical (unpaired) electrons. The molecule has 0 aromatic heterocycles. The Morgan fingerprint density at radius 2 is 1.14 bits per heavy atom. The molecule has 20 nitrogen and oxygen atoms in total. The van der Waals surface area contributed by atoms with E-state index < -0.39 is 66.1 Å². The summed E-state index contributed by atoms with van der Waals surface area (Å²) < 4.78 is 161. The van der Waals surface area contributed by atoms with Gasteiger partial charge in [0, 0.05) is 14.2 Å². The molecule has 50 heavy (non-hydrogen) atoms. The predicted molar refractivity (Wildman–Crippen MR) is 129 cm³/mol. The van der Waals surface area contributed by atoms with E-state index in [1.807, 2.05) is 0 Å². The molecule has 0 unspecified atom stereocenters. The van der Waals surface area contributed by atoms with Crippen LogP contribution in [0.5, 0.6) is 0 Å². The molecule has 33 heteroatoms. The van der Waals surface area contributed by atoms with Gasteiger partial charge in [0.2, 0.25) is 0 Å². The predicted octanol–water partition coefficient (Wildman–Crippen LogP) is -10.6. The van der Waals surface area contributed by atoms with Crippen molar-refractivity contribution < 1.29 is 213 Å². The van der Waals surface area contributed by atoms with Gasteiger partial charge in [0.1, 0.15) is 18.6 Å². The van der Waals surface area contributed by atoms with E-state index >= 15 is 0 Å². The van der Waals surface area contributed by atoms with Crippen LogP contribution in [-0.2, 0) is 72.5 Å². The number of aliphatic hydroxyl groups is 1. The third kappa shape index (κ3) is 34.5. The van der Waals surface area contributed by atoms with Crippen molar-refractivity contribution in [2.24, 2.45) is 0 Å². The zero-order valence-corrected chi connectivity index (χ0v) is 35.3. The van der Waals surface area contributed by atoms with Gasteiger partial charge in [-0.3, -0.25) is 5.04 Å². The molecule has 0 aromatic carbocycles. The minimum Gasteiger partial charge on any atom is -0.870 e. The number of carbonyl (C=O) groups is 3. The van der Waals surface area contributed by atoms with E-state index in [0.717, 1.165) is 0 Å². The van der Waals surface area contributed by atoms with Crippen LogP contribution in [0.4, 0.5) is 30.2 Å². The molecular formula is C17H28F7Na3O20S3. The fourth-order valence-corrected chi connectivity index (χ4v) is 1.98. The summed E-state index contributed by atoms with van der Waals surface area (Å²) in [6.07, 6.45) is 0. The summed E-state index contributed by atoms with van der Waals surface area (Å²) in [6.45, 7) is 1.86. The van der Waals surface area contributed by atoms with Crippen LogP contribution in [0.2, 0.25) is 0 Å². The van der Waals surface area contributed by atoms with Crippen molar-refractivity contribution >= 4 is 50.3 Å². The molecular weight excluding hydrogens is 822 g/mol. The minimum atomic E-state index is -6.22. The number of ether oxygens (including phenoxy) is 6. The summed E-state index contributed by atoms with van der Waals surface area (Å²) in [5.41, 5.74) is 0. The number of esters is 2. The number of alkyl halides is 6. The van der Waals surface area contributed by atoms with Gasteiger partial charge in [0.15, 0.2) is 10.1 Å². The van der Waals surface area contributed by atoms with Crippen LogP contribution in [0.3, 0.4) is 0 Å². The molecule has 0 spiro atoms. The van der Waals surface area contributed by atoms with E-state index in [-0.39, 0.29) is 121 Å². The minimum absolute atomic E-state index is 0. The van der Waals surface area contributed by atoms with Crippen molar-refractivity contribution in [3.63, 3.8) is 0 Å². The summed E-state index contributed by atoms with van der Waals surface area (Å²) in [6, 6.07) is 0. The quantitative estimate of drug-likeness (QED) is 0.0140. The second-order valence-corrected chi connectivity index (χ2v) is 10.2. The molecule has 0 aliphatic heterocycles. The largest absolute Gasteiger partial charge is 1.00 e. The molecule has 0 aromatic rings. The van der Waals surface area contributed by atoms with Crippen LogP contribution < -0.4 is 93.9 Å². The molecule has 0 heterocycles. The van der Waals surface area contributed by atoms with Crippen molar-refractivity contribution in [1.82, 2.24) is 0 Å². The van der Waals surface area contributed by atoms with Crippen molar-refractivity contribution in [2.45, 2.75) is 15.8 Å². The molecule has 0 fully saturated rings. The van der Waals surface area contributed by atoms with Crippen LogP contribution in [-0.4, -0.2) is 145 Å². The fourth-order valence-electron chi connectivity index (χ4n) is 1.25. The van der Waals surface area contributed by atoms with Crippen LogP contribution in [0, 0.1) is 0 Å². The van der Waals surface area contributed by atoms with E-state index in [1.54, 1.807) is 7.11 Å². The van der Waals surface area contributed by atoms with Crippen molar-refractivity contribution in [3.8, 4) is 0 Å². The second-order valence-electron chi connectivity index (χ2n) is 6.53. The van der Waals surface area contributed by atoms with Gasteiger partial charge in [-0.1, -0.05) is 3.89 Å². The van der Waals surface area contributed by atoms with Gasteiger partial charge in [-0.2, -0.15) is 39.1 Å². The Morgan fingerprint density at radius 3 is 1.40 bits per heavy atom. The maximum absolute atomic E-state index is 12.7. The average molecular weight is 851 g/mol. The van der Waals surface area contributed by atoms with Gasteiger partial charge in [-0.15, -0.1) is 0 Å². The molecule has 3 N–H and O–H groups in total. The SMILES string of the molecule is COC(=O)C(F)(F)S(=O)(=O)F.COCCOCCO.COCCOCCOC(=O)C(F)(F)SOO[O-].O=C(O)C(F)(F)S(=O)(=O)[O-].[Na+].[Na+].[Na+].[OH-]. The second kappa shape index (κ2) is 36.7. The van der Waals surface area contributed by atoms with Gasteiger partial charge < -0.3 is 53.9 Å². The van der Waals surface area contributed by atoms with Gasteiger partial charge in [0.25, 0.3) is 0 Å². The van der Waals surface area contributed by atoms with E-state index in [1.165, 1.54) is 7.11 Å². The third-order valence-electron chi connectivity index (χ3n) is 3.26. The van der Waals surface area contributed by atoms with Crippen LogP contribution >= 0.6 is 12.0 Å². The third-order valence-corrected chi connectivity index (χ3v) is 5.34. The molecule has 0 saturated carbocycles. The molecule has 0 amide bonds. The number of hydrogen-bond donors (Lipinski definition) is 2. The summed E-state index contributed by atoms with van der Waals surface area (Å²) in [5.74, 6) is -7.27. The Morgan fingerprint density at radius 1 is 0.740 bits per heavy atom. The first-order chi connectivity index (χ1) is 20.9. The topological polar surface area (TPSA) is 310 Å². The first-order valence-electron chi connectivity index (χ1n) is 10.8. The number of aliphatic hydroxyl groups excluding tert-OH is 1. The van der Waals surface area contributed by atoms with E-state index in [2.05, 4.69) is 28.3 Å². The molecule has 0 aliphatic rings. The number of carboxylic acids is 1. The van der Waals surface area contributed by atoms with Gasteiger partial charge in [-0.05, 0) is 0 Å². The molecule has 0 aliphatic carbocycles. The molecule has 0 atom stereocenters. The van der Waals surface area contributed by atoms with Crippen LogP contribution in [0.25, 0.3) is 0 Å². The smallest absolute Gasteiger partial charge is 0.870 e. The Bertz CT molecular complexity index is 1070. The van der Waals surface area contributed by atoms with Gasteiger partial charge >= 0.3 is 133 Å². The first kappa shape index (κ1) is 68.7. The maximum atomic E-state index is 12.7. The Hall–Kier alpha value is 0.770. The summed E-state index contributed by atoms with van der Waals surface area (Å²) >= 11 is -0.745. The standard InChI is InChI=1S/C7H12F2O7S.C5H12O3.C3H3F3O4S.C2H2F2O5S.3Na.H2O/c1-12-2-3-13-4-5-14-6(10)7(8,9)17-16-15-11;1-7-4-5-8-3-2-6;1-10-2(7)3(4,5)11(6,8)9;3-2(4,1(5)6)10(7,8)9;;;;/h11H,2-5H2,1H3;6H,2-5H2,1H3;1H3;(H,5,6)(H,7,8,9);;;;1H2/q;;;;3*+1;/p-3. The van der Waals surface area contributed by atoms with Gasteiger partial charge in [-0.25, -0.2) is 22.8 Å². The summed E-state index contributed by atoms with van der Waals surface area (Å²) in [7, 11) is -8.71. The van der Waals surface area contributed by atoms with Crippen molar-refractivity contribution in [3.05, 3.63) is 0 Å². The van der Waals surface area contributed by atoms with E-state index in [9.17, 15) is 71.3 Å². The van der Waals surface area contributed by atoms with Gasteiger partial charge in [0.05, 0.1) is 53.4 Å². The number of hydrogen-bond acceptors (Lipinski definition) is 20. The number of methoxy groups -OCH3 is 3. The zero-order valence-electron chi connectivity index (χ0n) is 26.8. The molecule has 0 rings (SSSR count). The maximum Gasteiger partial charge on any atom is 1.00 e. The Kier molecular flexibility index (Phi) is 50.5. The number of rotatable bonds is 19. The molecule has 0 saturated heterocycles. The van der Waals surface area contributed by atoms with Crippen molar-refractivity contribution in [1.29, 1.82) is 0 Å². The number of carboxylic acid groups (broad SMARTS) is 1. The van der Waals surface area contributed by atoms with E-state index in [4.69, 9.17) is 19.7 Å². The number of halogens is 7. The monoisotopic (exact) mass is 850 g/mol. The van der Waals surface area contributed by atoms with Crippen LogP contribution in [0.15, 0.2) is 0 Å². The van der Waals surface area contributed by atoms with Crippen LogP contribution in [0.1, 0.15) is 0 Å². The number of aliphatic carboxylic acids is 1. The fraction of sp³-hybridized carbons (Fsp3) is 0.824. The summed E-state index contributed by atoms with van der Waals surface area (Å²) in [5, 5.41) is 13.3. The molecule has 0 bridgehead atoms.